The summed E-state index contributed by atoms with van der Waals surface area (Å²) in [6, 6.07) is 0. The molecule has 0 bridgehead atoms. The summed E-state index contributed by atoms with van der Waals surface area (Å²) in [5.41, 5.74) is 0.584. The van der Waals surface area contributed by atoms with Crippen molar-refractivity contribution >= 4 is 11.9 Å². The van der Waals surface area contributed by atoms with E-state index in [1.807, 2.05) is 13.8 Å². The third-order valence-corrected chi connectivity index (χ3v) is 2.21. The summed E-state index contributed by atoms with van der Waals surface area (Å²) >= 11 is 0. The monoisotopic (exact) mass is 239 g/mol. The second kappa shape index (κ2) is 6.23. The van der Waals surface area contributed by atoms with E-state index in [2.05, 4.69) is 13.2 Å². The molecule has 0 saturated heterocycles. The van der Waals surface area contributed by atoms with Gasteiger partial charge in [0.25, 0.3) is 5.91 Å². The summed E-state index contributed by atoms with van der Waals surface area (Å²) in [5, 5.41) is 0. The first-order chi connectivity index (χ1) is 7.68. The van der Waals surface area contributed by atoms with Crippen LogP contribution in [-0.2, 0) is 14.3 Å². The molecule has 0 fully saturated rings. The minimum absolute atomic E-state index is 0.0188. The quantitative estimate of drug-likeness (QED) is 0.542. The molecule has 0 N–H and O–H groups in total. The fraction of sp³-hybridized carbons (Fsp3) is 0.538. The Morgan fingerprint density at radius 3 is 1.94 bits per heavy atom. The fourth-order valence-corrected chi connectivity index (χ4v) is 1.23. The van der Waals surface area contributed by atoms with Crippen LogP contribution in [0, 0.1) is 5.92 Å². The minimum atomic E-state index is -0.617. The van der Waals surface area contributed by atoms with Crippen molar-refractivity contribution in [1.29, 1.82) is 0 Å². The van der Waals surface area contributed by atoms with Crippen molar-refractivity contribution in [2.75, 3.05) is 14.1 Å². The van der Waals surface area contributed by atoms with Crippen molar-refractivity contribution in [3.05, 3.63) is 24.3 Å². The van der Waals surface area contributed by atoms with Crippen LogP contribution in [0.25, 0.3) is 0 Å². The van der Waals surface area contributed by atoms with E-state index in [-0.39, 0.29) is 17.4 Å². The molecule has 0 aromatic carbocycles. The largest absolute Gasteiger partial charge is 0.454 e. The van der Waals surface area contributed by atoms with E-state index < -0.39 is 12.1 Å². The molecule has 0 aliphatic carbocycles. The highest BCUT2D eigenvalue weighted by Gasteiger charge is 2.27. The van der Waals surface area contributed by atoms with E-state index in [4.69, 9.17) is 4.74 Å². The van der Waals surface area contributed by atoms with Crippen LogP contribution in [0.3, 0.4) is 0 Å². The molecule has 4 heteroatoms. The van der Waals surface area contributed by atoms with Gasteiger partial charge in [0.1, 0.15) is 6.10 Å². The number of ether oxygens (including phenoxy) is 1. The van der Waals surface area contributed by atoms with Gasteiger partial charge in [-0.2, -0.15) is 0 Å². The minimum Gasteiger partial charge on any atom is -0.454 e. The van der Waals surface area contributed by atoms with E-state index in [0.717, 1.165) is 0 Å². The fourth-order valence-electron chi connectivity index (χ4n) is 1.23. The smallest absolute Gasteiger partial charge is 0.333 e. The summed E-state index contributed by atoms with van der Waals surface area (Å²) < 4.78 is 5.22. The Labute approximate surface area is 103 Å². The maximum Gasteiger partial charge on any atom is 0.333 e. The number of hydrogen-bond donors (Lipinski definition) is 0. The van der Waals surface area contributed by atoms with Crippen molar-refractivity contribution in [2.24, 2.45) is 5.92 Å². The van der Waals surface area contributed by atoms with E-state index in [0.29, 0.717) is 5.57 Å². The molecule has 0 rings (SSSR count). The Kier molecular flexibility index (Phi) is 5.65. The highest BCUT2D eigenvalue weighted by molar-refractivity contribution is 5.94. The van der Waals surface area contributed by atoms with Crippen LogP contribution in [-0.4, -0.2) is 37.0 Å². The highest BCUT2D eigenvalue weighted by atomic mass is 16.5. The summed E-state index contributed by atoms with van der Waals surface area (Å²) in [5.74, 6) is -0.760. The van der Waals surface area contributed by atoms with Crippen molar-refractivity contribution in [3.8, 4) is 0 Å². The SMILES string of the molecule is C=C(C)C(=O)OC(C(=C)C(=O)N(C)C)C(C)C. The molecule has 0 aliphatic rings. The standard InChI is InChI=1S/C13H21NO3/c1-8(2)11(17-13(16)9(3)4)10(5)12(15)14(6)7/h8,11H,3,5H2,1-2,4,6-7H3. The van der Waals surface area contributed by atoms with Crippen LogP contribution in [0.2, 0.25) is 0 Å². The molecule has 1 atom stereocenters. The molecular formula is C13H21NO3. The molecule has 0 spiro atoms. The average molecular weight is 239 g/mol. The number of carbonyl (C=O) groups is 2. The Balaban J connectivity index is 4.88. The topological polar surface area (TPSA) is 46.6 Å². The van der Waals surface area contributed by atoms with Gasteiger partial charge in [-0.3, -0.25) is 4.79 Å². The lowest BCUT2D eigenvalue weighted by molar-refractivity contribution is -0.145. The number of amides is 1. The van der Waals surface area contributed by atoms with Gasteiger partial charge < -0.3 is 9.64 Å². The first kappa shape index (κ1) is 15.4. The number of likely N-dealkylation sites (N-methyl/N-ethyl adjacent to an activating group) is 1. The van der Waals surface area contributed by atoms with Gasteiger partial charge in [-0.05, 0) is 12.8 Å². The maximum atomic E-state index is 11.8. The van der Waals surface area contributed by atoms with Crippen LogP contribution < -0.4 is 0 Å². The summed E-state index contributed by atoms with van der Waals surface area (Å²) in [6.07, 6.45) is -0.617. The molecule has 0 aliphatic heterocycles. The highest BCUT2D eigenvalue weighted by Crippen LogP contribution is 2.18. The van der Waals surface area contributed by atoms with Gasteiger partial charge in [0.15, 0.2) is 0 Å². The summed E-state index contributed by atoms with van der Waals surface area (Å²) in [4.78, 5) is 24.6. The van der Waals surface area contributed by atoms with Crippen LogP contribution in [0.1, 0.15) is 20.8 Å². The molecule has 0 aromatic heterocycles. The average Bonchev–Trinajstić information content (AvgIpc) is 2.22. The van der Waals surface area contributed by atoms with Crippen LogP contribution in [0.4, 0.5) is 0 Å². The zero-order chi connectivity index (χ0) is 13.7. The van der Waals surface area contributed by atoms with E-state index in [1.165, 1.54) is 4.90 Å². The molecule has 4 nitrogen and oxygen atoms in total. The first-order valence-corrected chi connectivity index (χ1v) is 5.45. The van der Waals surface area contributed by atoms with Gasteiger partial charge >= 0.3 is 5.97 Å². The molecule has 0 aromatic rings. The molecular weight excluding hydrogens is 218 g/mol. The van der Waals surface area contributed by atoms with Gasteiger partial charge in [-0.25, -0.2) is 4.79 Å². The zero-order valence-corrected chi connectivity index (χ0v) is 11.2. The Hall–Kier alpha value is -1.58. The molecule has 1 unspecified atom stereocenters. The molecule has 0 saturated carbocycles. The van der Waals surface area contributed by atoms with E-state index >= 15 is 0 Å². The normalized spacial score (nSPS) is 11.9. The van der Waals surface area contributed by atoms with Gasteiger partial charge in [0.2, 0.25) is 0 Å². The van der Waals surface area contributed by atoms with Crippen molar-refractivity contribution < 1.29 is 14.3 Å². The molecule has 0 heterocycles. The van der Waals surface area contributed by atoms with Gasteiger partial charge in [-0.15, -0.1) is 0 Å². The first-order valence-electron chi connectivity index (χ1n) is 5.45. The third kappa shape index (κ3) is 4.43. The second-order valence-electron chi connectivity index (χ2n) is 4.58. The lowest BCUT2D eigenvalue weighted by atomic mass is 9.99. The number of hydrogen-bond acceptors (Lipinski definition) is 3. The van der Waals surface area contributed by atoms with Crippen molar-refractivity contribution in [3.63, 3.8) is 0 Å². The molecule has 17 heavy (non-hydrogen) atoms. The Bertz CT molecular complexity index is 343. The number of nitrogens with zero attached hydrogens (tertiary/aromatic N) is 1. The van der Waals surface area contributed by atoms with Gasteiger partial charge in [-0.1, -0.05) is 27.0 Å². The number of esters is 1. The molecule has 0 radical (unpaired) electrons. The van der Waals surface area contributed by atoms with Crippen LogP contribution in [0.5, 0.6) is 0 Å². The summed E-state index contributed by atoms with van der Waals surface area (Å²) in [7, 11) is 3.26. The third-order valence-electron chi connectivity index (χ3n) is 2.21. The van der Waals surface area contributed by atoms with Crippen LogP contribution >= 0.6 is 0 Å². The molecule has 1 amide bonds. The lowest BCUT2D eigenvalue weighted by Gasteiger charge is -2.24. The molecule has 96 valence electrons. The zero-order valence-electron chi connectivity index (χ0n) is 11.2. The second-order valence-corrected chi connectivity index (χ2v) is 4.58. The Morgan fingerprint density at radius 1 is 1.18 bits per heavy atom. The van der Waals surface area contributed by atoms with Crippen LogP contribution in [0.15, 0.2) is 24.3 Å². The summed E-state index contributed by atoms with van der Waals surface area (Å²) in [6.45, 7) is 12.5. The lowest BCUT2D eigenvalue weighted by Crippen LogP contribution is -2.34. The predicted molar refractivity (Wildman–Crippen MR) is 67.4 cm³/mol. The Morgan fingerprint density at radius 2 is 1.65 bits per heavy atom. The predicted octanol–water partition coefficient (Wildman–Crippen LogP) is 1.77. The van der Waals surface area contributed by atoms with E-state index in [1.54, 1.807) is 21.0 Å². The maximum absolute atomic E-state index is 11.8. The van der Waals surface area contributed by atoms with E-state index in [9.17, 15) is 9.59 Å². The van der Waals surface area contributed by atoms with Gasteiger partial charge in [0.05, 0.1) is 5.57 Å². The van der Waals surface area contributed by atoms with Crippen molar-refractivity contribution in [1.82, 2.24) is 4.90 Å². The van der Waals surface area contributed by atoms with Gasteiger partial charge in [0, 0.05) is 19.7 Å². The van der Waals surface area contributed by atoms with Crippen molar-refractivity contribution in [2.45, 2.75) is 26.9 Å². The number of carbonyl (C=O) groups excluding carboxylic acids is 2. The number of rotatable bonds is 5.